The van der Waals surface area contributed by atoms with Gasteiger partial charge < -0.3 is 9.47 Å². The molecule has 0 spiro atoms. The Bertz CT molecular complexity index is 515. The van der Waals surface area contributed by atoms with Gasteiger partial charge >= 0.3 is 5.97 Å². The SMILES string of the molecule is CCCOc1ccc(Cl)cc1C(CC)CC1CC1C(=O)OC. The van der Waals surface area contributed by atoms with E-state index in [0.29, 0.717) is 18.4 Å². The summed E-state index contributed by atoms with van der Waals surface area (Å²) in [6.07, 6.45) is 3.91. The minimum Gasteiger partial charge on any atom is -0.493 e. The van der Waals surface area contributed by atoms with Crippen molar-refractivity contribution in [3.8, 4) is 5.75 Å². The van der Waals surface area contributed by atoms with E-state index in [2.05, 4.69) is 13.8 Å². The van der Waals surface area contributed by atoms with Gasteiger partial charge in [-0.1, -0.05) is 25.4 Å². The van der Waals surface area contributed by atoms with E-state index in [0.717, 1.165) is 36.5 Å². The number of carbonyl (C=O) groups excluding carboxylic acids is 1. The normalized spacial score (nSPS) is 21.3. The third kappa shape index (κ3) is 4.16. The lowest BCUT2D eigenvalue weighted by molar-refractivity contribution is -0.142. The fraction of sp³-hybridized carbons (Fsp3) is 0.611. The minimum atomic E-state index is -0.0756. The van der Waals surface area contributed by atoms with Crippen LogP contribution in [0.4, 0.5) is 0 Å². The molecule has 1 aromatic rings. The highest BCUT2D eigenvalue weighted by atomic mass is 35.5. The Morgan fingerprint density at radius 2 is 2.18 bits per heavy atom. The summed E-state index contributed by atoms with van der Waals surface area (Å²) in [6, 6.07) is 5.84. The van der Waals surface area contributed by atoms with Crippen molar-refractivity contribution in [1.29, 1.82) is 0 Å². The van der Waals surface area contributed by atoms with Crippen LogP contribution in [0.2, 0.25) is 5.02 Å². The number of benzene rings is 1. The summed E-state index contributed by atoms with van der Waals surface area (Å²) in [7, 11) is 1.46. The molecule has 0 radical (unpaired) electrons. The van der Waals surface area contributed by atoms with Gasteiger partial charge in [-0.2, -0.15) is 0 Å². The topological polar surface area (TPSA) is 35.5 Å². The molecule has 3 atom stereocenters. The molecule has 3 unspecified atom stereocenters. The van der Waals surface area contributed by atoms with Crippen LogP contribution < -0.4 is 4.74 Å². The van der Waals surface area contributed by atoms with Crippen LogP contribution in [-0.4, -0.2) is 19.7 Å². The Balaban J connectivity index is 2.10. The van der Waals surface area contributed by atoms with Crippen LogP contribution in [0.5, 0.6) is 5.75 Å². The summed E-state index contributed by atoms with van der Waals surface area (Å²) in [5, 5.41) is 0.734. The number of halogens is 1. The molecule has 1 aliphatic carbocycles. The van der Waals surface area contributed by atoms with E-state index in [1.807, 2.05) is 18.2 Å². The first-order valence-electron chi connectivity index (χ1n) is 8.10. The van der Waals surface area contributed by atoms with Gasteiger partial charge in [-0.3, -0.25) is 4.79 Å². The van der Waals surface area contributed by atoms with Crippen molar-refractivity contribution < 1.29 is 14.3 Å². The molecule has 0 heterocycles. The molecular formula is C18H25ClO3. The summed E-state index contributed by atoms with van der Waals surface area (Å²) < 4.78 is 10.7. The Morgan fingerprint density at radius 1 is 1.41 bits per heavy atom. The first-order chi connectivity index (χ1) is 10.6. The highest BCUT2D eigenvalue weighted by molar-refractivity contribution is 6.30. The molecule has 3 nitrogen and oxygen atoms in total. The van der Waals surface area contributed by atoms with Crippen LogP contribution in [0.25, 0.3) is 0 Å². The van der Waals surface area contributed by atoms with Crippen LogP contribution in [-0.2, 0) is 9.53 Å². The maximum absolute atomic E-state index is 11.6. The Morgan fingerprint density at radius 3 is 2.82 bits per heavy atom. The van der Waals surface area contributed by atoms with Crippen molar-refractivity contribution in [1.82, 2.24) is 0 Å². The number of ether oxygens (including phenoxy) is 2. The van der Waals surface area contributed by atoms with Crippen molar-refractivity contribution in [2.75, 3.05) is 13.7 Å². The summed E-state index contributed by atoms with van der Waals surface area (Å²) in [5.74, 6) is 1.72. The molecule has 122 valence electrons. The van der Waals surface area contributed by atoms with Crippen LogP contribution in [0.15, 0.2) is 18.2 Å². The second-order valence-corrected chi connectivity index (χ2v) is 6.43. The van der Waals surface area contributed by atoms with Crippen molar-refractivity contribution in [3.05, 3.63) is 28.8 Å². The van der Waals surface area contributed by atoms with Crippen LogP contribution in [0, 0.1) is 11.8 Å². The fourth-order valence-corrected chi connectivity index (χ4v) is 3.19. The highest BCUT2D eigenvalue weighted by Gasteiger charge is 2.44. The second-order valence-electron chi connectivity index (χ2n) is 6.00. The third-order valence-corrected chi connectivity index (χ3v) is 4.62. The molecule has 0 saturated heterocycles. The van der Waals surface area contributed by atoms with Gasteiger partial charge in [0, 0.05) is 5.02 Å². The average Bonchev–Trinajstić information content (AvgIpc) is 3.30. The maximum atomic E-state index is 11.6. The van der Waals surface area contributed by atoms with Gasteiger partial charge in [0.1, 0.15) is 5.75 Å². The van der Waals surface area contributed by atoms with Gasteiger partial charge in [0.25, 0.3) is 0 Å². The molecule has 0 bridgehead atoms. The minimum absolute atomic E-state index is 0.0756. The predicted octanol–water partition coefficient (Wildman–Crippen LogP) is 4.82. The Kier molecular flexibility index (Phi) is 6.13. The first-order valence-corrected chi connectivity index (χ1v) is 8.48. The van der Waals surface area contributed by atoms with E-state index in [4.69, 9.17) is 21.1 Å². The Hall–Kier alpha value is -1.22. The van der Waals surface area contributed by atoms with Gasteiger partial charge in [-0.05, 0) is 61.3 Å². The Labute approximate surface area is 137 Å². The van der Waals surface area contributed by atoms with Crippen molar-refractivity contribution in [2.24, 2.45) is 11.8 Å². The van der Waals surface area contributed by atoms with Gasteiger partial charge in [0.2, 0.25) is 0 Å². The van der Waals surface area contributed by atoms with Gasteiger partial charge in [-0.15, -0.1) is 0 Å². The summed E-state index contributed by atoms with van der Waals surface area (Å²) >= 11 is 6.18. The summed E-state index contributed by atoms with van der Waals surface area (Å²) in [6.45, 7) is 4.97. The van der Waals surface area contributed by atoms with Crippen molar-refractivity contribution in [2.45, 2.75) is 45.4 Å². The lowest BCUT2D eigenvalue weighted by Gasteiger charge is -2.20. The van der Waals surface area contributed by atoms with Crippen molar-refractivity contribution in [3.63, 3.8) is 0 Å². The van der Waals surface area contributed by atoms with Crippen LogP contribution in [0.3, 0.4) is 0 Å². The van der Waals surface area contributed by atoms with E-state index in [9.17, 15) is 4.79 Å². The lowest BCUT2D eigenvalue weighted by Crippen LogP contribution is -2.08. The zero-order valence-electron chi connectivity index (χ0n) is 13.6. The molecule has 1 aromatic carbocycles. The molecule has 22 heavy (non-hydrogen) atoms. The zero-order chi connectivity index (χ0) is 16.1. The number of rotatable bonds is 8. The predicted molar refractivity (Wildman–Crippen MR) is 88.5 cm³/mol. The van der Waals surface area contributed by atoms with Gasteiger partial charge in [0.15, 0.2) is 0 Å². The third-order valence-electron chi connectivity index (χ3n) is 4.38. The average molecular weight is 325 g/mol. The largest absolute Gasteiger partial charge is 0.493 e. The summed E-state index contributed by atoms with van der Waals surface area (Å²) in [5.41, 5.74) is 1.17. The smallest absolute Gasteiger partial charge is 0.308 e. The van der Waals surface area contributed by atoms with E-state index in [1.165, 1.54) is 12.7 Å². The highest BCUT2D eigenvalue weighted by Crippen LogP contribution is 2.47. The number of methoxy groups -OCH3 is 1. The van der Waals surface area contributed by atoms with Crippen LogP contribution >= 0.6 is 11.6 Å². The molecule has 1 aliphatic rings. The standard InChI is InChI=1S/C18H25ClO3/c1-4-8-22-17-7-6-14(19)11-15(17)12(5-2)9-13-10-16(13)18(20)21-3/h6-7,11-13,16H,4-5,8-10H2,1-3H3. The van der Waals surface area contributed by atoms with Crippen molar-refractivity contribution >= 4 is 17.6 Å². The second kappa shape index (κ2) is 7.87. The molecular weight excluding hydrogens is 300 g/mol. The quantitative estimate of drug-likeness (QED) is 0.643. The molecule has 0 aromatic heterocycles. The molecule has 1 fully saturated rings. The van der Waals surface area contributed by atoms with E-state index in [1.54, 1.807) is 0 Å². The van der Waals surface area contributed by atoms with Gasteiger partial charge in [0.05, 0.1) is 19.6 Å². The van der Waals surface area contributed by atoms with E-state index < -0.39 is 0 Å². The molecule has 4 heteroatoms. The summed E-state index contributed by atoms with van der Waals surface area (Å²) in [4.78, 5) is 11.6. The van der Waals surface area contributed by atoms with E-state index in [-0.39, 0.29) is 11.9 Å². The first kappa shape index (κ1) is 17.1. The lowest BCUT2D eigenvalue weighted by atomic mass is 9.90. The number of hydrogen-bond donors (Lipinski definition) is 0. The molecule has 0 aliphatic heterocycles. The number of hydrogen-bond acceptors (Lipinski definition) is 3. The van der Waals surface area contributed by atoms with Crippen LogP contribution in [0.1, 0.15) is 51.0 Å². The molecule has 1 saturated carbocycles. The van der Waals surface area contributed by atoms with E-state index >= 15 is 0 Å². The van der Waals surface area contributed by atoms with Gasteiger partial charge in [-0.25, -0.2) is 0 Å². The fourth-order valence-electron chi connectivity index (χ4n) is 3.01. The monoisotopic (exact) mass is 324 g/mol. The number of carbonyl (C=O) groups is 1. The molecule has 0 amide bonds. The molecule has 2 rings (SSSR count). The zero-order valence-corrected chi connectivity index (χ0v) is 14.4. The number of esters is 1. The maximum Gasteiger partial charge on any atom is 0.308 e. The molecule has 0 N–H and O–H groups in total.